The molecule has 0 spiro atoms. The first-order chi connectivity index (χ1) is 13.8. The Morgan fingerprint density at radius 1 is 0.750 bits per heavy atom. The van der Waals surface area contributed by atoms with Crippen molar-refractivity contribution in [3.05, 3.63) is 120 Å². The molecule has 138 valence electrons. The van der Waals surface area contributed by atoms with E-state index in [0.29, 0.717) is 0 Å². The minimum atomic E-state index is 0.850. The normalized spacial score (nSPS) is 14.8. The molecule has 0 amide bonds. The van der Waals surface area contributed by atoms with E-state index >= 15 is 0 Å². The molecular formula is C27H24O. The lowest BCUT2D eigenvalue weighted by Gasteiger charge is -2.10. The first kappa shape index (κ1) is 18.1. The molecule has 0 atom stereocenters. The van der Waals surface area contributed by atoms with Gasteiger partial charge in [0.05, 0.1) is 0 Å². The van der Waals surface area contributed by atoms with Crippen molar-refractivity contribution in [2.75, 3.05) is 0 Å². The lowest BCUT2D eigenvalue weighted by molar-refractivity contribution is 0.483. The third kappa shape index (κ3) is 4.50. The van der Waals surface area contributed by atoms with Crippen LogP contribution in [0, 0.1) is 0 Å². The second kappa shape index (κ2) is 8.58. The summed E-state index contributed by atoms with van der Waals surface area (Å²) >= 11 is 0. The van der Waals surface area contributed by atoms with Gasteiger partial charge in [0.15, 0.2) is 0 Å². The van der Waals surface area contributed by atoms with Crippen LogP contribution in [0.3, 0.4) is 0 Å². The van der Waals surface area contributed by atoms with E-state index in [-0.39, 0.29) is 0 Å². The van der Waals surface area contributed by atoms with Crippen LogP contribution in [0.2, 0.25) is 0 Å². The summed E-state index contributed by atoms with van der Waals surface area (Å²) in [6, 6.07) is 27.0. The molecule has 0 saturated carbocycles. The number of para-hydroxylation sites is 1. The molecule has 0 fully saturated rings. The van der Waals surface area contributed by atoms with Gasteiger partial charge in [0, 0.05) is 0 Å². The molecule has 1 nitrogen and oxygen atoms in total. The Kier molecular flexibility index (Phi) is 5.53. The summed E-state index contributed by atoms with van der Waals surface area (Å²) in [5.41, 5.74) is 6.64. The highest BCUT2D eigenvalue weighted by Gasteiger charge is 2.04. The van der Waals surface area contributed by atoms with Crippen molar-refractivity contribution in [1.29, 1.82) is 0 Å². The molecule has 0 radical (unpaired) electrons. The molecule has 0 N–H and O–H groups in total. The highest BCUT2D eigenvalue weighted by atomic mass is 16.5. The summed E-state index contributed by atoms with van der Waals surface area (Å²) in [5, 5.41) is 0. The van der Waals surface area contributed by atoms with E-state index in [1.165, 1.54) is 27.8 Å². The molecule has 0 aliphatic heterocycles. The van der Waals surface area contributed by atoms with Crippen molar-refractivity contribution in [1.82, 2.24) is 0 Å². The number of allylic oxidation sites excluding steroid dienone is 6. The fourth-order valence-corrected chi connectivity index (χ4v) is 3.40. The molecule has 0 bridgehead atoms. The topological polar surface area (TPSA) is 9.23 Å². The summed E-state index contributed by atoms with van der Waals surface area (Å²) in [6.07, 6.45) is 10.7. The van der Waals surface area contributed by atoms with Crippen molar-refractivity contribution in [3.8, 4) is 22.6 Å². The second-order valence-electron chi connectivity index (χ2n) is 7.11. The smallest absolute Gasteiger partial charge is 0.127 e. The van der Waals surface area contributed by atoms with Crippen molar-refractivity contribution in [3.63, 3.8) is 0 Å². The summed E-state index contributed by atoms with van der Waals surface area (Å²) < 4.78 is 5.87. The lowest BCUT2D eigenvalue weighted by atomic mass is 9.96. The number of ether oxygens (including phenoxy) is 1. The maximum absolute atomic E-state index is 5.87. The number of hydrogen-bond acceptors (Lipinski definition) is 1. The molecule has 4 rings (SSSR count). The minimum absolute atomic E-state index is 0.850. The van der Waals surface area contributed by atoms with Gasteiger partial charge in [-0.15, -0.1) is 0 Å². The third-order valence-electron chi connectivity index (χ3n) is 5.02. The van der Waals surface area contributed by atoms with Crippen LogP contribution in [0.1, 0.15) is 18.9 Å². The van der Waals surface area contributed by atoms with Gasteiger partial charge < -0.3 is 4.74 Å². The Morgan fingerprint density at radius 2 is 1.39 bits per heavy atom. The maximum atomic E-state index is 5.87. The van der Waals surface area contributed by atoms with E-state index in [2.05, 4.69) is 67.6 Å². The maximum Gasteiger partial charge on any atom is 0.127 e. The highest BCUT2D eigenvalue weighted by Crippen LogP contribution is 2.26. The van der Waals surface area contributed by atoms with E-state index in [1.54, 1.807) is 0 Å². The molecule has 28 heavy (non-hydrogen) atoms. The van der Waals surface area contributed by atoms with Gasteiger partial charge in [-0.1, -0.05) is 84.5 Å². The van der Waals surface area contributed by atoms with E-state index in [0.717, 1.165) is 24.3 Å². The van der Waals surface area contributed by atoms with Gasteiger partial charge in [0.2, 0.25) is 0 Å². The lowest BCUT2D eigenvalue weighted by Crippen LogP contribution is -1.93. The SMILES string of the molecule is CC(Cc1ccc(-c2ccc(Oc3ccccc3)cc2)cc1)=C1C=CC=CC1. The van der Waals surface area contributed by atoms with Gasteiger partial charge in [-0.3, -0.25) is 0 Å². The van der Waals surface area contributed by atoms with Crippen LogP contribution in [-0.2, 0) is 6.42 Å². The minimum Gasteiger partial charge on any atom is -0.457 e. The third-order valence-corrected chi connectivity index (χ3v) is 5.02. The van der Waals surface area contributed by atoms with E-state index in [9.17, 15) is 0 Å². The fraction of sp³-hybridized carbons (Fsp3) is 0.111. The van der Waals surface area contributed by atoms with Crippen LogP contribution in [0.5, 0.6) is 11.5 Å². The average Bonchev–Trinajstić information content (AvgIpc) is 2.76. The first-order valence-corrected chi connectivity index (χ1v) is 9.72. The summed E-state index contributed by atoms with van der Waals surface area (Å²) in [7, 11) is 0. The number of rotatable bonds is 5. The van der Waals surface area contributed by atoms with E-state index in [4.69, 9.17) is 4.74 Å². The molecule has 1 aliphatic rings. The van der Waals surface area contributed by atoms with Crippen LogP contribution in [-0.4, -0.2) is 0 Å². The Hall–Kier alpha value is -3.32. The second-order valence-corrected chi connectivity index (χ2v) is 7.11. The van der Waals surface area contributed by atoms with Gasteiger partial charge >= 0.3 is 0 Å². The fourth-order valence-electron chi connectivity index (χ4n) is 3.40. The number of benzene rings is 3. The molecular weight excluding hydrogens is 340 g/mol. The molecule has 0 heterocycles. The van der Waals surface area contributed by atoms with Gasteiger partial charge in [-0.05, 0) is 66.3 Å². The predicted octanol–water partition coefficient (Wildman–Crippen LogP) is 7.52. The predicted molar refractivity (Wildman–Crippen MR) is 118 cm³/mol. The largest absolute Gasteiger partial charge is 0.457 e. The van der Waals surface area contributed by atoms with Crippen molar-refractivity contribution >= 4 is 0 Å². The average molecular weight is 364 g/mol. The van der Waals surface area contributed by atoms with Crippen LogP contribution in [0.25, 0.3) is 11.1 Å². The van der Waals surface area contributed by atoms with Gasteiger partial charge in [-0.2, -0.15) is 0 Å². The van der Waals surface area contributed by atoms with Gasteiger partial charge in [-0.25, -0.2) is 0 Å². The zero-order valence-electron chi connectivity index (χ0n) is 16.1. The Bertz CT molecular complexity index is 1000. The standard InChI is InChI=1S/C27H24O/c1-21(23-8-4-2-5-9-23)20-22-12-14-24(15-13-22)25-16-18-27(19-17-25)28-26-10-6-3-7-11-26/h2-8,10-19H,9,20H2,1H3. The molecule has 0 saturated heterocycles. The van der Waals surface area contributed by atoms with Crippen LogP contribution in [0.4, 0.5) is 0 Å². The van der Waals surface area contributed by atoms with E-state index < -0.39 is 0 Å². The van der Waals surface area contributed by atoms with Crippen molar-refractivity contribution in [2.45, 2.75) is 19.8 Å². The Balaban J connectivity index is 1.43. The van der Waals surface area contributed by atoms with Gasteiger partial charge in [0.25, 0.3) is 0 Å². The molecule has 1 aliphatic carbocycles. The van der Waals surface area contributed by atoms with Gasteiger partial charge in [0.1, 0.15) is 11.5 Å². The molecule has 0 unspecified atom stereocenters. The Labute approximate surface area is 167 Å². The zero-order valence-corrected chi connectivity index (χ0v) is 16.1. The molecule has 0 aromatic heterocycles. The summed E-state index contributed by atoms with van der Waals surface area (Å²) in [4.78, 5) is 0. The van der Waals surface area contributed by atoms with Crippen molar-refractivity contribution < 1.29 is 4.74 Å². The van der Waals surface area contributed by atoms with Crippen LogP contribution >= 0.6 is 0 Å². The molecule has 1 heteroatoms. The van der Waals surface area contributed by atoms with Crippen molar-refractivity contribution in [2.24, 2.45) is 0 Å². The highest BCUT2D eigenvalue weighted by molar-refractivity contribution is 5.64. The van der Waals surface area contributed by atoms with Crippen LogP contribution < -0.4 is 4.74 Å². The zero-order chi connectivity index (χ0) is 19.2. The molecule has 3 aromatic carbocycles. The molecule has 3 aromatic rings. The van der Waals surface area contributed by atoms with E-state index in [1.807, 2.05) is 42.5 Å². The quantitative estimate of drug-likeness (QED) is 0.455. The number of hydrogen-bond donors (Lipinski definition) is 0. The first-order valence-electron chi connectivity index (χ1n) is 9.72. The Morgan fingerprint density at radius 3 is 2.04 bits per heavy atom. The summed E-state index contributed by atoms with van der Waals surface area (Å²) in [6.45, 7) is 2.23. The monoisotopic (exact) mass is 364 g/mol. The summed E-state index contributed by atoms with van der Waals surface area (Å²) in [5.74, 6) is 1.70. The van der Waals surface area contributed by atoms with Crippen LogP contribution in [0.15, 0.2) is 114 Å².